The van der Waals surface area contributed by atoms with E-state index >= 15 is 0 Å². The summed E-state index contributed by atoms with van der Waals surface area (Å²) in [5, 5.41) is 3.30. The second-order valence-corrected chi connectivity index (χ2v) is 29.0. The standard InChI is InChI=1S/C52H70P2/c1-2-4-47-37(3-1)5-6-38(27-53(49-39-11-29-7-30(13-39)14-40(49)12-29)50-41-15-31-8-32(17-41)18-42(50)16-31)48(47)28-54(51-43-19-33-9-34(21-43)22-44(51)20-33)52-45-23-35-10-36(25-45)26-46(52)24-35/h1-6,29-36,39-46,49-52H,7-28H2. The van der Waals surface area contributed by atoms with Crippen LogP contribution in [0.15, 0.2) is 36.4 Å². The molecule has 0 aliphatic heterocycles. The van der Waals surface area contributed by atoms with E-state index in [-0.39, 0.29) is 15.8 Å². The minimum atomic E-state index is 0.00758. The summed E-state index contributed by atoms with van der Waals surface area (Å²) in [6.45, 7) is 0. The molecular formula is C52H70P2. The molecule has 16 aliphatic rings. The summed E-state index contributed by atoms with van der Waals surface area (Å²) in [4.78, 5) is 0. The molecule has 16 fully saturated rings. The zero-order chi connectivity index (χ0) is 34.8. The van der Waals surface area contributed by atoms with Gasteiger partial charge in [0.2, 0.25) is 0 Å². The Morgan fingerprint density at radius 2 is 0.648 bits per heavy atom. The molecule has 2 aromatic rings. The number of rotatable bonds is 8. The lowest BCUT2D eigenvalue weighted by molar-refractivity contribution is 0.0127. The Hall–Kier alpha value is -0.440. The van der Waals surface area contributed by atoms with Crippen LogP contribution in [0.1, 0.15) is 140 Å². The van der Waals surface area contributed by atoms with Gasteiger partial charge in [0, 0.05) is 0 Å². The highest BCUT2D eigenvalue weighted by atomic mass is 31.1. The molecule has 0 unspecified atom stereocenters. The number of hydrogen-bond donors (Lipinski definition) is 0. The Kier molecular flexibility index (Phi) is 7.76. The van der Waals surface area contributed by atoms with Gasteiger partial charge in [-0.15, -0.1) is 0 Å². The molecule has 16 bridgehead atoms. The third-order valence-electron chi connectivity index (χ3n) is 21.1. The van der Waals surface area contributed by atoms with Crippen LogP contribution in [0.5, 0.6) is 0 Å². The third-order valence-corrected chi connectivity index (χ3v) is 28.9. The molecule has 2 aromatic carbocycles. The van der Waals surface area contributed by atoms with Crippen molar-refractivity contribution in [2.24, 2.45) is 94.7 Å². The normalized spacial score (nSPS) is 53.6. The average molecular weight is 757 g/mol. The van der Waals surface area contributed by atoms with Crippen LogP contribution in [0.4, 0.5) is 0 Å². The first-order valence-electron chi connectivity index (χ1n) is 24.6. The fraction of sp³-hybridized carbons (Fsp3) is 0.808. The predicted molar refractivity (Wildman–Crippen MR) is 229 cm³/mol. The Labute approximate surface area is 330 Å². The predicted octanol–water partition coefficient (Wildman–Crippen LogP) is 14.1. The Bertz CT molecular complexity index is 1590. The zero-order valence-electron chi connectivity index (χ0n) is 33.5. The summed E-state index contributed by atoms with van der Waals surface area (Å²) in [5.41, 5.74) is 8.34. The van der Waals surface area contributed by atoms with Crippen LogP contribution in [-0.4, -0.2) is 22.6 Å². The number of hydrogen-bond acceptors (Lipinski definition) is 0. The van der Waals surface area contributed by atoms with Gasteiger partial charge in [-0.25, -0.2) is 0 Å². The summed E-state index contributed by atoms with van der Waals surface area (Å²) in [7, 11) is 0.0330. The van der Waals surface area contributed by atoms with Crippen LogP contribution in [0.25, 0.3) is 10.8 Å². The maximum atomic E-state index is 2.82. The molecule has 16 aliphatic carbocycles. The zero-order valence-corrected chi connectivity index (χ0v) is 35.3. The third kappa shape index (κ3) is 5.18. The second kappa shape index (κ2) is 12.5. The minimum Gasteiger partial charge on any atom is -0.0947 e. The summed E-state index contributed by atoms with van der Waals surface area (Å²) < 4.78 is 0. The van der Waals surface area contributed by atoms with Gasteiger partial charge < -0.3 is 0 Å². The van der Waals surface area contributed by atoms with Crippen LogP contribution in [0.3, 0.4) is 0 Å². The molecule has 0 radical (unpaired) electrons. The fourth-order valence-electron chi connectivity index (χ4n) is 20.7. The topological polar surface area (TPSA) is 0 Å². The molecule has 0 aromatic heterocycles. The summed E-state index contributed by atoms with van der Waals surface area (Å²) in [6, 6.07) is 15.4. The number of fused-ring (bicyclic) bond motifs is 1. The molecule has 0 N–H and O–H groups in total. The van der Waals surface area contributed by atoms with E-state index in [0.717, 1.165) is 117 Å². The Morgan fingerprint density at radius 3 is 1.00 bits per heavy atom. The SMILES string of the molecule is c1ccc2c(CP(C3C4CC5CC(C4)CC3C5)C3C4CC5CC(C4)CC3C5)c(CP(C3C4CC5CC(C4)CC3C5)C3C4CC5CC(C4)CC3C5)ccc2c1. The van der Waals surface area contributed by atoms with Crippen LogP contribution in [0, 0.1) is 94.7 Å². The fourth-order valence-corrected chi connectivity index (χ4v) is 30.0. The lowest BCUT2D eigenvalue weighted by Crippen LogP contribution is -2.53. The molecule has 0 heterocycles. The van der Waals surface area contributed by atoms with Gasteiger partial charge in [0.1, 0.15) is 0 Å². The van der Waals surface area contributed by atoms with Crippen LogP contribution in [0.2, 0.25) is 0 Å². The van der Waals surface area contributed by atoms with Crippen molar-refractivity contribution in [1.29, 1.82) is 0 Å². The molecule has 2 heteroatoms. The monoisotopic (exact) mass is 756 g/mol. The largest absolute Gasteiger partial charge is 0.0947 e. The van der Waals surface area contributed by atoms with Crippen molar-refractivity contribution in [3.63, 3.8) is 0 Å². The molecule has 54 heavy (non-hydrogen) atoms. The van der Waals surface area contributed by atoms with Gasteiger partial charge in [-0.3, -0.25) is 0 Å². The van der Waals surface area contributed by atoms with E-state index in [2.05, 4.69) is 36.4 Å². The molecule has 0 spiro atoms. The van der Waals surface area contributed by atoms with Gasteiger partial charge >= 0.3 is 0 Å². The first-order valence-corrected chi connectivity index (χ1v) is 27.9. The molecule has 18 rings (SSSR count). The van der Waals surface area contributed by atoms with Gasteiger partial charge in [-0.05, 0) is 280 Å². The van der Waals surface area contributed by atoms with E-state index in [1.165, 1.54) is 12.3 Å². The van der Waals surface area contributed by atoms with Gasteiger partial charge in [-0.2, -0.15) is 0 Å². The lowest BCUT2D eigenvalue weighted by Gasteiger charge is -2.62. The maximum absolute atomic E-state index is 2.82. The molecule has 288 valence electrons. The first-order chi connectivity index (χ1) is 26.6. The van der Waals surface area contributed by atoms with Crippen molar-refractivity contribution >= 4 is 26.6 Å². The van der Waals surface area contributed by atoms with Crippen molar-refractivity contribution in [3.05, 3.63) is 47.5 Å². The van der Waals surface area contributed by atoms with Crippen LogP contribution in [-0.2, 0) is 12.3 Å². The lowest BCUT2D eigenvalue weighted by atomic mass is 9.55. The highest BCUT2D eigenvalue weighted by Gasteiger charge is 2.59. The molecule has 0 saturated heterocycles. The summed E-state index contributed by atoms with van der Waals surface area (Å²) >= 11 is 0. The van der Waals surface area contributed by atoms with E-state index < -0.39 is 0 Å². The van der Waals surface area contributed by atoms with Crippen molar-refractivity contribution in [2.75, 3.05) is 0 Å². The van der Waals surface area contributed by atoms with Gasteiger partial charge in [-0.1, -0.05) is 52.2 Å². The highest BCUT2D eigenvalue weighted by Crippen LogP contribution is 2.75. The van der Waals surface area contributed by atoms with E-state index in [1.54, 1.807) is 139 Å². The average Bonchev–Trinajstić information content (AvgIpc) is 3.13. The van der Waals surface area contributed by atoms with E-state index in [9.17, 15) is 0 Å². The van der Waals surface area contributed by atoms with E-state index in [0.29, 0.717) is 0 Å². The van der Waals surface area contributed by atoms with Crippen molar-refractivity contribution in [3.8, 4) is 0 Å². The van der Waals surface area contributed by atoms with Crippen LogP contribution >= 0.6 is 15.8 Å². The van der Waals surface area contributed by atoms with Gasteiger partial charge in [0.05, 0.1) is 0 Å². The summed E-state index contributed by atoms with van der Waals surface area (Å²) in [6.07, 6.45) is 35.7. The smallest absolute Gasteiger partial charge is 0.00587 e. The Balaban J connectivity index is 0.885. The Morgan fingerprint density at radius 1 is 0.333 bits per heavy atom. The van der Waals surface area contributed by atoms with E-state index in [4.69, 9.17) is 0 Å². The van der Waals surface area contributed by atoms with Crippen LogP contribution < -0.4 is 0 Å². The molecule has 0 amide bonds. The summed E-state index contributed by atoms with van der Waals surface area (Å²) in [5.74, 6) is 17.7. The quantitative estimate of drug-likeness (QED) is 0.235. The van der Waals surface area contributed by atoms with E-state index in [1.807, 2.05) is 11.1 Å². The molecule has 0 atom stereocenters. The van der Waals surface area contributed by atoms with Gasteiger partial charge in [0.15, 0.2) is 0 Å². The maximum Gasteiger partial charge on any atom is -0.00587 e. The van der Waals surface area contributed by atoms with Crippen molar-refractivity contribution in [1.82, 2.24) is 0 Å². The van der Waals surface area contributed by atoms with Crippen molar-refractivity contribution in [2.45, 2.75) is 163 Å². The highest BCUT2D eigenvalue weighted by molar-refractivity contribution is 7.59. The first kappa shape index (κ1) is 33.4. The molecule has 0 nitrogen and oxygen atoms in total. The number of benzene rings is 2. The molecule has 16 saturated carbocycles. The van der Waals surface area contributed by atoms with Crippen molar-refractivity contribution < 1.29 is 0 Å². The second-order valence-electron chi connectivity index (χ2n) is 24.0. The molecular weight excluding hydrogens is 687 g/mol. The van der Waals surface area contributed by atoms with Gasteiger partial charge in [0.25, 0.3) is 0 Å². The minimum absolute atomic E-state index is 0.00758.